The Labute approximate surface area is 99.9 Å². The average Bonchev–Trinajstić information content (AvgIpc) is 3.00. The van der Waals surface area contributed by atoms with E-state index in [0.29, 0.717) is 6.04 Å². The zero-order valence-corrected chi connectivity index (χ0v) is 9.58. The van der Waals surface area contributed by atoms with Gasteiger partial charge in [0.25, 0.3) is 0 Å². The number of aromatic nitrogens is 4. The van der Waals surface area contributed by atoms with Crippen LogP contribution in [-0.4, -0.2) is 26.3 Å². The predicted octanol–water partition coefficient (Wildman–Crippen LogP) is 1.15. The maximum absolute atomic E-state index is 4.22. The molecule has 88 valence electrons. The van der Waals surface area contributed by atoms with Crippen molar-refractivity contribution in [2.75, 3.05) is 6.54 Å². The monoisotopic (exact) mass is 229 g/mol. The predicted molar refractivity (Wildman–Crippen MR) is 63.3 cm³/mol. The highest BCUT2D eigenvalue weighted by atomic mass is 15.3. The Morgan fingerprint density at radius 1 is 1.47 bits per heavy atom. The number of hydrogen-bond acceptors (Lipinski definition) is 4. The molecular formula is C12H15N5. The van der Waals surface area contributed by atoms with Gasteiger partial charge in [-0.15, -0.1) is 10.2 Å². The minimum absolute atomic E-state index is 0.356. The van der Waals surface area contributed by atoms with Crippen LogP contribution in [-0.2, 0) is 6.54 Å². The summed E-state index contributed by atoms with van der Waals surface area (Å²) in [4.78, 5) is 4.12. The first kappa shape index (κ1) is 10.4. The largest absolute Gasteiger partial charge is 0.312 e. The number of hydrogen-bond donors (Lipinski definition) is 1. The number of nitrogens with zero attached hydrogens (tertiary/aromatic N) is 4. The Bertz CT molecular complexity index is 473. The van der Waals surface area contributed by atoms with E-state index in [1.807, 2.05) is 12.3 Å². The van der Waals surface area contributed by atoms with Gasteiger partial charge in [0, 0.05) is 12.4 Å². The Morgan fingerprint density at radius 2 is 2.47 bits per heavy atom. The molecule has 1 aliphatic heterocycles. The van der Waals surface area contributed by atoms with Crippen molar-refractivity contribution in [3.05, 3.63) is 42.2 Å². The molecule has 17 heavy (non-hydrogen) atoms. The van der Waals surface area contributed by atoms with E-state index in [1.54, 1.807) is 12.5 Å². The third-order valence-corrected chi connectivity index (χ3v) is 3.09. The summed E-state index contributed by atoms with van der Waals surface area (Å²) in [5.74, 6) is 1.03. The molecule has 1 unspecified atom stereocenters. The molecule has 3 rings (SSSR count). The lowest BCUT2D eigenvalue weighted by molar-refractivity contribution is 0.563. The molecule has 5 nitrogen and oxygen atoms in total. The average molecular weight is 229 g/mol. The summed E-state index contributed by atoms with van der Waals surface area (Å²) < 4.78 is 2.10. The quantitative estimate of drug-likeness (QED) is 0.857. The van der Waals surface area contributed by atoms with E-state index in [4.69, 9.17) is 0 Å². The lowest BCUT2D eigenvalue weighted by Gasteiger charge is -2.11. The zero-order valence-electron chi connectivity index (χ0n) is 9.58. The molecule has 1 atom stereocenters. The third-order valence-electron chi connectivity index (χ3n) is 3.09. The van der Waals surface area contributed by atoms with Gasteiger partial charge in [-0.1, -0.05) is 6.07 Å². The molecular weight excluding hydrogens is 214 g/mol. The van der Waals surface area contributed by atoms with Crippen LogP contribution in [0, 0.1) is 0 Å². The molecule has 0 amide bonds. The van der Waals surface area contributed by atoms with E-state index in [2.05, 4.69) is 31.1 Å². The van der Waals surface area contributed by atoms with E-state index in [0.717, 1.165) is 25.3 Å². The maximum atomic E-state index is 4.22. The zero-order chi connectivity index (χ0) is 11.5. The van der Waals surface area contributed by atoms with Crippen molar-refractivity contribution in [1.82, 2.24) is 25.1 Å². The molecule has 0 saturated carbocycles. The standard InChI is InChI=1S/C12H15N5/c1-3-10(7-13-5-1)8-17-9-15-16-12(17)11-4-2-6-14-11/h1,3,5,7,9,11,14H,2,4,6,8H2. The van der Waals surface area contributed by atoms with Gasteiger partial charge in [0.15, 0.2) is 0 Å². The molecule has 5 heteroatoms. The first-order valence-corrected chi connectivity index (χ1v) is 5.93. The highest BCUT2D eigenvalue weighted by molar-refractivity contribution is 5.10. The summed E-state index contributed by atoms with van der Waals surface area (Å²) in [5, 5.41) is 11.7. The normalized spacial score (nSPS) is 19.6. The lowest BCUT2D eigenvalue weighted by atomic mass is 10.2. The second-order valence-electron chi connectivity index (χ2n) is 4.33. The Hall–Kier alpha value is -1.75. The smallest absolute Gasteiger partial charge is 0.150 e. The molecule has 1 N–H and O–H groups in total. The van der Waals surface area contributed by atoms with Gasteiger partial charge >= 0.3 is 0 Å². The summed E-state index contributed by atoms with van der Waals surface area (Å²) in [6, 6.07) is 4.38. The molecule has 0 aromatic carbocycles. The molecule has 0 radical (unpaired) electrons. The van der Waals surface area contributed by atoms with Crippen LogP contribution in [0.25, 0.3) is 0 Å². The first-order valence-electron chi connectivity index (χ1n) is 5.93. The van der Waals surface area contributed by atoms with Crippen molar-refractivity contribution < 1.29 is 0 Å². The minimum Gasteiger partial charge on any atom is -0.312 e. The molecule has 0 aliphatic carbocycles. The fourth-order valence-corrected chi connectivity index (χ4v) is 2.25. The van der Waals surface area contributed by atoms with Crippen molar-refractivity contribution in [1.29, 1.82) is 0 Å². The summed E-state index contributed by atoms with van der Waals surface area (Å²) >= 11 is 0. The molecule has 1 fully saturated rings. The van der Waals surface area contributed by atoms with Crippen LogP contribution in [0.1, 0.15) is 30.3 Å². The van der Waals surface area contributed by atoms with Crippen LogP contribution in [0.3, 0.4) is 0 Å². The third kappa shape index (κ3) is 2.19. The van der Waals surface area contributed by atoms with Gasteiger partial charge in [0.2, 0.25) is 0 Å². The molecule has 0 bridgehead atoms. The Kier molecular flexibility index (Phi) is 2.83. The van der Waals surface area contributed by atoms with Crippen molar-refractivity contribution in [2.45, 2.75) is 25.4 Å². The minimum atomic E-state index is 0.356. The summed E-state index contributed by atoms with van der Waals surface area (Å²) in [5.41, 5.74) is 1.17. The van der Waals surface area contributed by atoms with E-state index in [1.165, 1.54) is 12.0 Å². The van der Waals surface area contributed by atoms with Crippen molar-refractivity contribution >= 4 is 0 Å². The molecule has 2 aromatic rings. The molecule has 1 aliphatic rings. The summed E-state index contributed by atoms with van der Waals surface area (Å²) in [6.07, 6.45) is 7.82. The molecule has 1 saturated heterocycles. The summed E-state index contributed by atoms with van der Waals surface area (Å²) in [6.45, 7) is 1.86. The topological polar surface area (TPSA) is 55.6 Å². The van der Waals surface area contributed by atoms with E-state index >= 15 is 0 Å². The second-order valence-corrected chi connectivity index (χ2v) is 4.33. The Morgan fingerprint density at radius 3 is 3.24 bits per heavy atom. The maximum Gasteiger partial charge on any atom is 0.150 e. The number of nitrogens with one attached hydrogen (secondary N) is 1. The highest BCUT2D eigenvalue weighted by Gasteiger charge is 2.21. The van der Waals surface area contributed by atoms with Gasteiger partial charge < -0.3 is 9.88 Å². The van der Waals surface area contributed by atoms with Gasteiger partial charge in [0.05, 0.1) is 12.6 Å². The fraction of sp³-hybridized carbons (Fsp3) is 0.417. The van der Waals surface area contributed by atoms with Crippen molar-refractivity contribution in [3.63, 3.8) is 0 Å². The Balaban J connectivity index is 1.81. The van der Waals surface area contributed by atoms with E-state index in [-0.39, 0.29) is 0 Å². The SMILES string of the molecule is c1cncc(Cn2cnnc2C2CCCN2)c1. The van der Waals surface area contributed by atoms with Gasteiger partial charge in [-0.05, 0) is 31.0 Å². The van der Waals surface area contributed by atoms with Crippen LogP contribution < -0.4 is 5.32 Å². The van der Waals surface area contributed by atoms with Gasteiger partial charge in [-0.3, -0.25) is 4.98 Å². The van der Waals surface area contributed by atoms with E-state index < -0.39 is 0 Å². The highest BCUT2D eigenvalue weighted by Crippen LogP contribution is 2.21. The van der Waals surface area contributed by atoms with Crippen LogP contribution in [0.15, 0.2) is 30.9 Å². The van der Waals surface area contributed by atoms with Crippen LogP contribution >= 0.6 is 0 Å². The van der Waals surface area contributed by atoms with Crippen LogP contribution in [0.4, 0.5) is 0 Å². The van der Waals surface area contributed by atoms with Crippen LogP contribution in [0.5, 0.6) is 0 Å². The lowest BCUT2D eigenvalue weighted by Crippen LogP contribution is -2.18. The van der Waals surface area contributed by atoms with E-state index in [9.17, 15) is 0 Å². The second kappa shape index (κ2) is 4.63. The van der Waals surface area contributed by atoms with Crippen molar-refractivity contribution in [3.8, 4) is 0 Å². The number of rotatable bonds is 3. The van der Waals surface area contributed by atoms with Crippen LogP contribution in [0.2, 0.25) is 0 Å². The molecule has 2 aromatic heterocycles. The number of pyridine rings is 1. The fourth-order valence-electron chi connectivity index (χ4n) is 2.25. The van der Waals surface area contributed by atoms with Gasteiger partial charge in [-0.25, -0.2) is 0 Å². The molecule has 3 heterocycles. The van der Waals surface area contributed by atoms with Gasteiger partial charge in [-0.2, -0.15) is 0 Å². The first-order chi connectivity index (χ1) is 8.43. The molecule has 0 spiro atoms. The summed E-state index contributed by atoms with van der Waals surface area (Å²) in [7, 11) is 0. The van der Waals surface area contributed by atoms with Crippen molar-refractivity contribution in [2.24, 2.45) is 0 Å². The van der Waals surface area contributed by atoms with Gasteiger partial charge in [0.1, 0.15) is 12.2 Å².